The molecule has 2 fully saturated rings. The van der Waals surface area contributed by atoms with Gasteiger partial charge in [0, 0.05) is 25.2 Å². The number of hydrogen-bond acceptors (Lipinski definition) is 4. The number of nitrogens with zero attached hydrogens (tertiary/aromatic N) is 2. The molecule has 1 unspecified atom stereocenters. The highest BCUT2D eigenvalue weighted by atomic mass is 16.5. The van der Waals surface area contributed by atoms with Crippen LogP contribution in [0.3, 0.4) is 0 Å². The van der Waals surface area contributed by atoms with E-state index in [1.54, 1.807) is 0 Å². The molecule has 4 nitrogen and oxygen atoms in total. The molecule has 0 bridgehead atoms. The van der Waals surface area contributed by atoms with Gasteiger partial charge in [0.25, 0.3) is 0 Å². The summed E-state index contributed by atoms with van der Waals surface area (Å²) >= 11 is 0. The fourth-order valence-electron chi connectivity index (χ4n) is 3.97. The molecule has 2 saturated heterocycles. The van der Waals surface area contributed by atoms with Gasteiger partial charge in [-0.1, -0.05) is 6.92 Å². The SMILES string of the molecule is CCCN1CCC(CN)(N2CC(C)OC(C)(C)C2)CC1. The summed E-state index contributed by atoms with van der Waals surface area (Å²) in [5.74, 6) is 0. The Balaban J connectivity index is 2.04. The van der Waals surface area contributed by atoms with Crippen molar-refractivity contribution in [3.05, 3.63) is 0 Å². The van der Waals surface area contributed by atoms with Gasteiger partial charge in [-0.05, 0) is 59.7 Å². The van der Waals surface area contributed by atoms with Gasteiger partial charge in [-0.3, -0.25) is 4.90 Å². The number of rotatable bonds is 4. The summed E-state index contributed by atoms with van der Waals surface area (Å²) in [6.45, 7) is 15.3. The molecule has 118 valence electrons. The molecule has 1 atom stereocenters. The van der Waals surface area contributed by atoms with Crippen LogP contribution in [0.5, 0.6) is 0 Å². The number of ether oxygens (including phenoxy) is 1. The lowest BCUT2D eigenvalue weighted by Gasteiger charge is -2.54. The van der Waals surface area contributed by atoms with Gasteiger partial charge in [-0.15, -0.1) is 0 Å². The summed E-state index contributed by atoms with van der Waals surface area (Å²) in [5, 5.41) is 0. The Kier molecular flexibility index (Phi) is 5.11. The van der Waals surface area contributed by atoms with Crippen LogP contribution in [-0.4, -0.2) is 66.3 Å². The van der Waals surface area contributed by atoms with Crippen LogP contribution in [-0.2, 0) is 4.74 Å². The van der Waals surface area contributed by atoms with Gasteiger partial charge >= 0.3 is 0 Å². The van der Waals surface area contributed by atoms with Gasteiger partial charge in [-0.2, -0.15) is 0 Å². The van der Waals surface area contributed by atoms with Crippen molar-refractivity contribution >= 4 is 0 Å². The van der Waals surface area contributed by atoms with E-state index in [1.165, 1.54) is 38.9 Å². The molecule has 0 amide bonds. The maximum Gasteiger partial charge on any atom is 0.0757 e. The summed E-state index contributed by atoms with van der Waals surface area (Å²) in [7, 11) is 0. The van der Waals surface area contributed by atoms with Crippen LogP contribution in [0.15, 0.2) is 0 Å². The van der Waals surface area contributed by atoms with Crippen molar-refractivity contribution in [3.63, 3.8) is 0 Å². The average Bonchev–Trinajstić information content (AvgIpc) is 2.38. The lowest BCUT2D eigenvalue weighted by atomic mass is 9.83. The summed E-state index contributed by atoms with van der Waals surface area (Å²) < 4.78 is 6.05. The van der Waals surface area contributed by atoms with E-state index in [-0.39, 0.29) is 11.1 Å². The summed E-state index contributed by atoms with van der Waals surface area (Å²) in [6, 6.07) is 0. The number of likely N-dealkylation sites (tertiary alicyclic amines) is 1. The molecule has 2 heterocycles. The third-order valence-corrected chi connectivity index (χ3v) is 4.95. The first-order chi connectivity index (χ1) is 9.41. The largest absolute Gasteiger partial charge is 0.370 e. The second-order valence-electron chi connectivity index (χ2n) is 7.34. The predicted molar refractivity (Wildman–Crippen MR) is 83.9 cm³/mol. The molecule has 0 aliphatic carbocycles. The predicted octanol–water partition coefficient (Wildman–Crippen LogP) is 1.69. The fraction of sp³-hybridized carbons (Fsp3) is 1.00. The van der Waals surface area contributed by atoms with Crippen LogP contribution < -0.4 is 5.73 Å². The zero-order valence-electron chi connectivity index (χ0n) is 13.8. The zero-order chi connectivity index (χ0) is 14.8. The van der Waals surface area contributed by atoms with Gasteiger partial charge in [0.1, 0.15) is 0 Å². The van der Waals surface area contributed by atoms with Gasteiger partial charge in [-0.25, -0.2) is 0 Å². The zero-order valence-corrected chi connectivity index (χ0v) is 13.8. The minimum absolute atomic E-state index is 0.0552. The molecule has 0 aromatic rings. The van der Waals surface area contributed by atoms with Gasteiger partial charge < -0.3 is 15.4 Å². The first-order valence-corrected chi connectivity index (χ1v) is 8.26. The highest BCUT2D eigenvalue weighted by molar-refractivity contribution is 5.00. The van der Waals surface area contributed by atoms with Gasteiger partial charge in [0.2, 0.25) is 0 Å². The van der Waals surface area contributed by atoms with Gasteiger partial charge in [0.15, 0.2) is 0 Å². The van der Waals surface area contributed by atoms with Crippen molar-refractivity contribution < 1.29 is 4.74 Å². The van der Waals surface area contributed by atoms with E-state index >= 15 is 0 Å². The van der Waals surface area contributed by atoms with Crippen molar-refractivity contribution in [3.8, 4) is 0 Å². The molecule has 0 aromatic carbocycles. The van der Waals surface area contributed by atoms with E-state index in [0.717, 1.165) is 19.6 Å². The first kappa shape index (κ1) is 16.2. The van der Waals surface area contributed by atoms with Crippen LogP contribution in [0.2, 0.25) is 0 Å². The summed E-state index contributed by atoms with van der Waals surface area (Å²) in [6.07, 6.45) is 3.95. The summed E-state index contributed by atoms with van der Waals surface area (Å²) in [5.41, 5.74) is 6.36. The minimum atomic E-state index is -0.0552. The Morgan fingerprint density at radius 1 is 1.25 bits per heavy atom. The van der Waals surface area contributed by atoms with Crippen molar-refractivity contribution in [2.75, 3.05) is 39.3 Å². The molecule has 2 rings (SSSR count). The van der Waals surface area contributed by atoms with Crippen LogP contribution in [0.1, 0.15) is 47.0 Å². The van der Waals surface area contributed by atoms with Crippen molar-refractivity contribution in [1.29, 1.82) is 0 Å². The third-order valence-electron chi connectivity index (χ3n) is 4.95. The Morgan fingerprint density at radius 2 is 1.90 bits per heavy atom. The van der Waals surface area contributed by atoms with Crippen molar-refractivity contribution in [1.82, 2.24) is 9.80 Å². The topological polar surface area (TPSA) is 41.7 Å². The quantitative estimate of drug-likeness (QED) is 0.852. The van der Waals surface area contributed by atoms with Crippen LogP contribution in [0, 0.1) is 0 Å². The molecule has 2 aliphatic heterocycles. The monoisotopic (exact) mass is 283 g/mol. The Labute approximate surface area is 124 Å². The average molecular weight is 283 g/mol. The molecule has 0 spiro atoms. The Hall–Kier alpha value is -0.160. The lowest BCUT2D eigenvalue weighted by Crippen LogP contribution is -2.66. The van der Waals surface area contributed by atoms with E-state index in [2.05, 4.69) is 37.5 Å². The second kappa shape index (κ2) is 6.30. The number of piperidine rings is 1. The molecule has 0 aromatic heterocycles. The molecular formula is C16H33N3O. The van der Waals surface area contributed by atoms with Crippen LogP contribution in [0.4, 0.5) is 0 Å². The molecule has 4 heteroatoms. The van der Waals surface area contributed by atoms with E-state index < -0.39 is 0 Å². The molecule has 2 aliphatic rings. The van der Waals surface area contributed by atoms with E-state index in [0.29, 0.717) is 6.10 Å². The van der Waals surface area contributed by atoms with E-state index in [9.17, 15) is 0 Å². The summed E-state index contributed by atoms with van der Waals surface area (Å²) in [4.78, 5) is 5.22. The van der Waals surface area contributed by atoms with Gasteiger partial charge in [0.05, 0.1) is 11.7 Å². The van der Waals surface area contributed by atoms with E-state index in [1.807, 2.05) is 0 Å². The first-order valence-electron chi connectivity index (χ1n) is 8.26. The molecule has 0 saturated carbocycles. The Bertz CT molecular complexity index is 311. The van der Waals surface area contributed by atoms with Crippen molar-refractivity contribution in [2.24, 2.45) is 5.73 Å². The smallest absolute Gasteiger partial charge is 0.0757 e. The third kappa shape index (κ3) is 3.53. The maximum atomic E-state index is 6.22. The maximum absolute atomic E-state index is 6.22. The standard InChI is InChI=1S/C16H33N3O/c1-5-8-18-9-6-16(12-17,7-10-18)19-11-14(2)20-15(3,4)13-19/h14H,5-13,17H2,1-4H3. The lowest BCUT2D eigenvalue weighted by molar-refractivity contribution is -0.159. The number of morpholine rings is 1. The van der Waals surface area contributed by atoms with Crippen molar-refractivity contribution in [2.45, 2.75) is 64.2 Å². The van der Waals surface area contributed by atoms with E-state index in [4.69, 9.17) is 10.5 Å². The number of nitrogens with two attached hydrogens (primary N) is 1. The molecular weight excluding hydrogens is 250 g/mol. The number of hydrogen-bond donors (Lipinski definition) is 1. The highest BCUT2D eigenvalue weighted by Crippen LogP contribution is 2.33. The van der Waals surface area contributed by atoms with Crippen LogP contribution >= 0.6 is 0 Å². The second-order valence-corrected chi connectivity index (χ2v) is 7.34. The molecule has 20 heavy (non-hydrogen) atoms. The normalized spacial score (nSPS) is 31.4. The minimum Gasteiger partial charge on any atom is -0.370 e. The highest BCUT2D eigenvalue weighted by Gasteiger charge is 2.44. The molecule has 0 radical (unpaired) electrons. The fourth-order valence-corrected chi connectivity index (χ4v) is 3.97. The van der Waals surface area contributed by atoms with Crippen LogP contribution in [0.25, 0.3) is 0 Å². The molecule has 2 N–H and O–H groups in total. The Morgan fingerprint density at radius 3 is 2.40 bits per heavy atom.